The fraction of sp³-hybridized carbons (Fsp3) is 0.300. The Morgan fingerprint density at radius 1 is 1.17 bits per heavy atom. The Bertz CT molecular complexity index is 777. The second-order valence-electron chi connectivity index (χ2n) is 6.68. The number of rotatable bonds is 5. The normalized spacial score (nSPS) is 19.0. The van der Waals surface area contributed by atoms with E-state index in [1.807, 2.05) is 44.2 Å². The van der Waals surface area contributed by atoms with Gasteiger partial charge in [0.25, 0.3) is 0 Å². The summed E-state index contributed by atoms with van der Waals surface area (Å²) >= 11 is 0. The van der Waals surface area contributed by atoms with Crippen LogP contribution in [-0.2, 0) is 9.53 Å². The maximum atomic E-state index is 12.1. The lowest BCUT2D eigenvalue weighted by molar-refractivity contribution is -0.149. The zero-order valence-corrected chi connectivity index (χ0v) is 13.7. The first-order chi connectivity index (χ1) is 11.5. The quantitative estimate of drug-likeness (QED) is 0.753. The van der Waals surface area contributed by atoms with Crippen molar-refractivity contribution in [3.8, 4) is 17.6 Å². The Balaban J connectivity index is 1.72. The maximum absolute atomic E-state index is 12.1. The second kappa shape index (κ2) is 6.37. The van der Waals surface area contributed by atoms with Gasteiger partial charge in [0.05, 0.1) is 5.92 Å². The average Bonchev–Trinajstić information content (AvgIpc) is 3.22. The SMILES string of the molecule is CC1(C)CC1C(=O)OC(C#N)c1cccc(Oc2ccccc2)c1. The highest BCUT2D eigenvalue weighted by Crippen LogP contribution is 2.52. The Morgan fingerprint density at radius 2 is 1.83 bits per heavy atom. The fourth-order valence-electron chi connectivity index (χ4n) is 2.60. The molecule has 0 saturated heterocycles. The number of carbonyl (C=O) groups is 1. The van der Waals surface area contributed by atoms with Crippen LogP contribution < -0.4 is 4.74 Å². The molecule has 24 heavy (non-hydrogen) atoms. The van der Waals surface area contributed by atoms with E-state index in [9.17, 15) is 10.1 Å². The predicted octanol–water partition coefficient (Wildman–Crippen LogP) is 4.63. The zero-order valence-electron chi connectivity index (χ0n) is 13.7. The lowest BCUT2D eigenvalue weighted by Crippen LogP contribution is -2.14. The van der Waals surface area contributed by atoms with Gasteiger partial charge in [-0.25, -0.2) is 0 Å². The third-order valence-electron chi connectivity index (χ3n) is 4.29. The molecular formula is C20H19NO3. The molecule has 4 heteroatoms. The van der Waals surface area contributed by atoms with Crippen molar-refractivity contribution in [2.45, 2.75) is 26.4 Å². The molecule has 1 saturated carbocycles. The number of para-hydroxylation sites is 1. The van der Waals surface area contributed by atoms with Crippen LogP contribution in [0.1, 0.15) is 31.9 Å². The van der Waals surface area contributed by atoms with Crippen LogP contribution in [0.3, 0.4) is 0 Å². The van der Waals surface area contributed by atoms with Crippen molar-refractivity contribution < 1.29 is 14.3 Å². The van der Waals surface area contributed by atoms with Crippen LogP contribution in [0.2, 0.25) is 0 Å². The van der Waals surface area contributed by atoms with E-state index in [-0.39, 0.29) is 17.3 Å². The van der Waals surface area contributed by atoms with Crippen molar-refractivity contribution in [3.05, 3.63) is 60.2 Å². The van der Waals surface area contributed by atoms with Gasteiger partial charge in [0.1, 0.15) is 17.6 Å². The molecular weight excluding hydrogens is 302 g/mol. The molecule has 122 valence electrons. The molecule has 0 spiro atoms. The van der Waals surface area contributed by atoms with E-state index in [2.05, 4.69) is 6.07 Å². The average molecular weight is 321 g/mol. The van der Waals surface area contributed by atoms with Crippen LogP contribution in [0.25, 0.3) is 0 Å². The predicted molar refractivity (Wildman–Crippen MR) is 89.3 cm³/mol. The van der Waals surface area contributed by atoms with Gasteiger partial charge in [0.15, 0.2) is 0 Å². The highest BCUT2D eigenvalue weighted by atomic mass is 16.5. The van der Waals surface area contributed by atoms with Crippen LogP contribution >= 0.6 is 0 Å². The van der Waals surface area contributed by atoms with Gasteiger partial charge in [0.2, 0.25) is 6.10 Å². The molecule has 0 amide bonds. The Morgan fingerprint density at radius 3 is 2.46 bits per heavy atom. The van der Waals surface area contributed by atoms with Gasteiger partial charge in [-0.1, -0.05) is 44.2 Å². The van der Waals surface area contributed by atoms with Gasteiger partial charge in [-0.05, 0) is 36.1 Å². The van der Waals surface area contributed by atoms with E-state index >= 15 is 0 Å². The van der Waals surface area contributed by atoms with Crippen molar-refractivity contribution in [3.63, 3.8) is 0 Å². The molecule has 0 heterocycles. The number of esters is 1. The van der Waals surface area contributed by atoms with Crippen molar-refractivity contribution in [2.75, 3.05) is 0 Å². The molecule has 2 aromatic rings. The molecule has 2 aromatic carbocycles. The zero-order chi connectivity index (χ0) is 17.2. The van der Waals surface area contributed by atoms with Crippen molar-refractivity contribution in [1.29, 1.82) is 5.26 Å². The second-order valence-corrected chi connectivity index (χ2v) is 6.68. The lowest BCUT2D eigenvalue weighted by atomic mass is 10.1. The smallest absolute Gasteiger partial charge is 0.311 e. The Hall–Kier alpha value is -2.80. The minimum Gasteiger partial charge on any atom is -0.457 e. The molecule has 1 aliphatic carbocycles. The maximum Gasteiger partial charge on any atom is 0.311 e. The van der Waals surface area contributed by atoms with Gasteiger partial charge in [0, 0.05) is 5.56 Å². The van der Waals surface area contributed by atoms with Crippen molar-refractivity contribution in [1.82, 2.24) is 0 Å². The van der Waals surface area contributed by atoms with Gasteiger partial charge in [-0.2, -0.15) is 5.26 Å². The van der Waals surface area contributed by atoms with Gasteiger partial charge >= 0.3 is 5.97 Å². The summed E-state index contributed by atoms with van der Waals surface area (Å²) in [7, 11) is 0. The van der Waals surface area contributed by atoms with Crippen LogP contribution in [0.5, 0.6) is 11.5 Å². The van der Waals surface area contributed by atoms with E-state index in [0.29, 0.717) is 17.1 Å². The van der Waals surface area contributed by atoms with Gasteiger partial charge in [-0.3, -0.25) is 4.79 Å². The van der Waals surface area contributed by atoms with E-state index in [1.54, 1.807) is 24.3 Å². The number of carbonyl (C=O) groups excluding carboxylic acids is 1. The number of nitriles is 1. The monoisotopic (exact) mass is 321 g/mol. The summed E-state index contributed by atoms with van der Waals surface area (Å²) < 4.78 is 11.2. The van der Waals surface area contributed by atoms with Gasteiger partial charge in [-0.15, -0.1) is 0 Å². The third kappa shape index (κ3) is 3.57. The summed E-state index contributed by atoms with van der Waals surface area (Å²) in [6.07, 6.45) is -0.116. The van der Waals surface area contributed by atoms with E-state index in [1.165, 1.54) is 0 Å². The first-order valence-corrected chi connectivity index (χ1v) is 7.92. The van der Waals surface area contributed by atoms with Crippen LogP contribution in [0, 0.1) is 22.7 Å². The summed E-state index contributed by atoms with van der Waals surface area (Å²) in [5.74, 6) is 0.889. The number of nitrogens with zero attached hydrogens (tertiary/aromatic N) is 1. The first-order valence-electron chi connectivity index (χ1n) is 7.92. The van der Waals surface area contributed by atoms with Crippen LogP contribution in [-0.4, -0.2) is 5.97 Å². The third-order valence-corrected chi connectivity index (χ3v) is 4.29. The molecule has 0 aliphatic heterocycles. The fourth-order valence-corrected chi connectivity index (χ4v) is 2.60. The van der Waals surface area contributed by atoms with Crippen LogP contribution in [0.15, 0.2) is 54.6 Å². The number of ether oxygens (including phenoxy) is 2. The number of benzene rings is 2. The molecule has 0 bridgehead atoms. The van der Waals surface area contributed by atoms with Crippen molar-refractivity contribution >= 4 is 5.97 Å². The summed E-state index contributed by atoms with van der Waals surface area (Å²) in [5, 5.41) is 9.37. The Labute approximate surface area is 141 Å². The number of hydrogen-bond donors (Lipinski definition) is 0. The van der Waals surface area contributed by atoms with Crippen LogP contribution in [0.4, 0.5) is 0 Å². The first kappa shape index (κ1) is 16.1. The van der Waals surface area contributed by atoms with Crippen molar-refractivity contribution in [2.24, 2.45) is 11.3 Å². The summed E-state index contributed by atoms with van der Waals surface area (Å²) in [4.78, 5) is 12.1. The van der Waals surface area contributed by atoms with E-state index in [4.69, 9.17) is 9.47 Å². The molecule has 2 atom stereocenters. The highest BCUT2D eigenvalue weighted by molar-refractivity contribution is 5.77. The van der Waals surface area contributed by atoms with E-state index in [0.717, 1.165) is 6.42 Å². The highest BCUT2D eigenvalue weighted by Gasteiger charge is 2.52. The lowest BCUT2D eigenvalue weighted by Gasteiger charge is -2.13. The topological polar surface area (TPSA) is 59.3 Å². The van der Waals surface area contributed by atoms with E-state index < -0.39 is 6.10 Å². The summed E-state index contributed by atoms with van der Waals surface area (Å²) in [5.41, 5.74) is 0.591. The van der Waals surface area contributed by atoms with Gasteiger partial charge < -0.3 is 9.47 Å². The standard InChI is InChI=1S/C20H19NO3/c1-20(2)12-17(20)19(22)24-18(13-21)14-7-6-10-16(11-14)23-15-8-4-3-5-9-15/h3-11,17-18H,12H2,1-2H3. The molecule has 1 aliphatic rings. The molecule has 0 aromatic heterocycles. The Kier molecular flexibility index (Phi) is 4.26. The molecule has 0 N–H and O–H groups in total. The minimum absolute atomic E-state index is 0.0185. The molecule has 0 radical (unpaired) electrons. The molecule has 3 rings (SSSR count). The number of hydrogen-bond acceptors (Lipinski definition) is 4. The largest absolute Gasteiger partial charge is 0.457 e. The molecule has 2 unspecified atom stereocenters. The molecule has 4 nitrogen and oxygen atoms in total. The summed E-state index contributed by atoms with van der Waals surface area (Å²) in [6.45, 7) is 4.04. The minimum atomic E-state index is -0.923. The summed E-state index contributed by atoms with van der Waals surface area (Å²) in [6, 6.07) is 18.5. The molecule has 1 fully saturated rings.